The van der Waals surface area contributed by atoms with Gasteiger partial charge >= 0.3 is 0 Å². The minimum absolute atomic E-state index is 0.709. The summed E-state index contributed by atoms with van der Waals surface area (Å²) >= 11 is 2.06. The fourth-order valence-electron chi connectivity index (χ4n) is 1.77. The molecule has 2 rings (SSSR count). The van der Waals surface area contributed by atoms with Crippen LogP contribution in [0, 0.1) is 5.92 Å². The Kier molecular flexibility index (Phi) is 3.49. The van der Waals surface area contributed by atoms with Gasteiger partial charge in [-0.15, -0.1) is 0 Å². The summed E-state index contributed by atoms with van der Waals surface area (Å²) in [7, 11) is 0. The molecule has 1 nitrogen and oxygen atoms in total. The van der Waals surface area contributed by atoms with Crippen LogP contribution in [0.1, 0.15) is 12.5 Å². The van der Waals surface area contributed by atoms with E-state index in [0.29, 0.717) is 6.04 Å². The van der Waals surface area contributed by atoms with Gasteiger partial charge in [-0.25, -0.2) is 0 Å². The van der Waals surface area contributed by atoms with Crippen molar-refractivity contribution < 1.29 is 0 Å². The second kappa shape index (κ2) is 4.85. The largest absolute Gasteiger partial charge is 0.309 e. The van der Waals surface area contributed by atoms with E-state index in [1.807, 2.05) is 0 Å². The first-order chi connectivity index (χ1) is 6.86. The molecule has 1 N–H and O–H groups in total. The van der Waals surface area contributed by atoms with E-state index in [1.54, 1.807) is 0 Å². The summed E-state index contributed by atoms with van der Waals surface area (Å²) in [6.45, 7) is 3.35. The summed E-state index contributed by atoms with van der Waals surface area (Å²) in [5, 5.41) is 3.63. The average molecular weight is 207 g/mol. The van der Waals surface area contributed by atoms with E-state index in [4.69, 9.17) is 0 Å². The van der Waals surface area contributed by atoms with Crippen LogP contribution in [-0.2, 0) is 6.54 Å². The van der Waals surface area contributed by atoms with Crippen molar-refractivity contribution in [3.63, 3.8) is 0 Å². The molecule has 0 saturated carbocycles. The molecule has 0 amide bonds. The normalized spacial score (nSPS) is 26.6. The van der Waals surface area contributed by atoms with Crippen molar-refractivity contribution in [2.45, 2.75) is 19.5 Å². The zero-order chi connectivity index (χ0) is 9.80. The molecule has 0 aliphatic carbocycles. The maximum atomic E-state index is 3.63. The highest BCUT2D eigenvalue weighted by atomic mass is 32.2. The fraction of sp³-hybridized carbons (Fsp3) is 0.500. The molecule has 2 heteroatoms. The standard InChI is InChI=1S/C12H17NS/c1-10-8-14-9-12(10)13-7-11-5-3-2-4-6-11/h2-6,10,12-13H,7-9H2,1H3. The Morgan fingerprint density at radius 1 is 1.29 bits per heavy atom. The van der Waals surface area contributed by atoms with Gasteiger partial charge in [-0.2, -0.15) is 11.8 Å². The summed E-state index contributed by atoms with van der Waals surface area (Å²) in [5.74, 6) is 3.41. The highest BCUT2D eigenvalue weighted by molar-refractivity contribution is 7.99. The van der Waals surface area contributed by atoms with Crippen LogP contribution in [0.2, 0.25) is 0 Å². The molecular formula is C12H17NS. The van der Waals surface area contributed by atoms with Crippen molar-refractivity contribution in [2.75, 3.05) is 11.5 Å². The third-order valence-electron chi connectivity index (χ3n) is 2.78. The number of nitrogens with one attached hydrogen (secondary N) is 1. The third kappa shape index (κ3) is 2.52. The zero-order valence-corrected chi connectivity index (χ0v) is 9.39. The Bertz CT molecular complexity index is 273. The second-order valence-electron chi connectivity index (χ2n) is 3.99. The maximum Gasteiger partial charge on any atom is 0.0208 e. The smallest absolute Gasteiger partial charge is 0.0208 e. The summed E-state index contributed by atoms with van der Waals surface area (Å²) in [4.78, 5) is 0. The fourth-order valence-corrected chi connectivity index (χ4v) is 3.21. The lowest BCUT2D eigenvalue weighted by atomic mass is 10.1. The van der Waals surface area contributed by atoms with Gasteiger partial charge in [-0.3, -0.25) is 0 Å². The molecule has 0 bridgehead atoms. The summed E-state index contributed by atoms with van der Waals surface area (Å²) < 4.78 is 0. The van der Waals surface area contributed by atoms with E-state index in [-0.39, 0.29) is 0 Å². The first-order valence-electron chi connectivity index (χ1n) is 5.21. The van der Waals surface area contributed by atoms with Crippen molar-refractivity contribution in [3.8, 4) is 0 Å². The van der Waals surface area contributed by atoms with Gasteiger partial charge in [-0.1, -0.05) is 37.3 Å². The lowest BCUT2D eigenvalue weighted by molar-refractivity contribution is 0.453. The van der Waals surface area contributed by atoms with Gasteiger partial charge in [0.1, 0.15) is 0 Å². The van der Waals surface area contributed by atoms with E-state index in [0.717, 1.165) is 12.5 Å². The molecule has 1 fully saturated rings. The quantitative estimate of drug-likeness (QED) is 0.817. The molecule has 0 spiro atoms. The van der Waals surface area contributed by atoms with Crippen LogP contribution in [0.5, 0.6) is 0 Å². The van der Waals surface area contributed by atoms with E-state index in [2.05, 4.69) is 54.3 Å². The van der Waals surface area contributed by atoms with Gasteiger partial charge in [-0.05, 0) is 17.2 Å². The Morgan fingerprint density at radius 2 is 2.07 bits per heavy atom. The highest BCUT2D eigenvalue weighted by Gasteiger charge is 2.22. The molecule has 0 aromatic heterocycles. The number of hydrogen-bond donors (Lipinski definition) is 1. The molecule has 2 unspecified atom stereocenters. The van der Waals surface area contributed by atoms with Crippen molar-refractivity contribution >= 4 is 11.8 Å². The average Bonchev–Trinajstić information content (AvgIpc) is 2.63. The summed E-state index contributed by atoms with van der Waals surface area (Å²) in [5.41, 5.74) is 1.39. The van der Waals surface area contributed by atoms with Gasteiger partial charge in [0, 0.05) is 18.3 Å². The monoisotopic (exact) mass is 207 g/mol. The van der Waals surface area contributed by atoms with Crippen LogP contribution < -0.4 is 5.32 Å². The third-order valence-corrected chi connectivity index (χ3v) is 4.13. The molecule has 1 aliphatic rings. The van der Waals surface area contributed by atoms with E-state index >= 15 is 0 Å². The minimum Gasteiger partial charge on any atom is -0.309 e. The zero-order valence-electron chi connectivity index (χ0n) is 8.57. The van der Waals surface area contributed by atoms with Gasteiger partial charge in [0.25, 0.3) is 0 Å². The molecule has 0 radical (unpaired) electrons. The van der Waals surface area contributed by atoms with E-state index < -0.39 is 0 Å². The Hall–Kier alpha value is -0.470. The molecule has 1 heterocycles. The lowest BCUT2D eigenvalue weighted by Crippen LogP contribution is -2.33. The molecule has 1 aromatic rings. The number of hydrogen-bond acceptors (Lipinski definition) is 2. The van der Waals surface area contributed by atoms with E-state index in [9.17, 15) is 0 Å². The van der Waals surface area contributed by atoms with Gasteiger partial charge in [0.2, 0.25) is 0 Å². The topological polar surface area (TPSA) is 12.0 Å². The van der Waals surface area contributed by atoms with Crippen molar-refractivity contribution in [2.24, 2.45) is 5.92 Å². The summed E-state index contributed by atoms with van der Waals surface area (Å²) in [6.07, 6.45) is 0. The number of rotatable bonds is 3. The van der Waals surface area contributed by atoms with Crippen LogP contribution in [0.4, 0.5) is 0 Å². The van der Waals surface area contributed by atoms with Crippen LogP contribution in [0.25, 0.3) is 0 Å². The van der Waals surface area contributed by atoms with Crippen molar-refractivity contribution in [1.29, 1.82) is 0 Å². The predicted molar refractivity (Wildman–Crippen MR) is 63.6 cm³/mol. The lowest BCUT2D eigenvalue weighted by Gasteiger charge is -2.16. The van der Waals surface area contributed by atoms with Gasteiger partial charge in [0.05, 0.1) is 0 Å². The molecule has 1 aromatic carbocycles. The second-order valence-corrected chi connectivity index (χ2v) is 5.06. The molecule has 1 saturated heterocycles. The molecule has 2 atom stereocenters. The number of thioether (sulfide) groups is 1. The highest BCUT2D eigenvalue weighted by Crippen LogP contribution is 2.23. The SMILES string of the molecule is CC1CSCC1NCc1ccccc1. The summed E-state index contributed by atoms with van der Waals surface area (Å²) in [6, 6.07) is 11.3. The molecule has 1 aliphatic heterocycles. The van der Waals surface area contributed by atoms with Crippen LogP contribution >= 0.6 is 11.8 Å². The Labute approximate surface area is 90.3 Å². The Balaban J connectivity index is 1.82. The van der Waals surface area contributed by atoms with Crippen LogP contribution in [0.3, 0.4) is 0 Å². The molecule has 14 heavy (non-hydrogen) atoms. The van der Waals surface area contributed by atoms with Crippen molar-refractivity contribution in [3.05, 3.63) is 35.9 Å². The maximum absolute atomic E-state index is 3.63. The number of benzene rings is 1. The minimum atomic E-state index is 0.709. The van der Waals surface area contributed by atoms with Gasteiger partial charge in [0.15, 0.2) is 0 Å². The predicted octanol–water partition coefficient (Wildman–Crippen LogP) is 2.53. The van der Waals surface area contributed by atoms with E-state index in [1.165, 1.54) is 17.1 Å². The van der Waals surface area contributed by atoms with Crippen LogP contribution in [-0.4, -0.2) is 17.5 Å². The molecular weight excluding hydrogens is 190 g/mol. The van der Waals surface area contributed by atoms with Crippen LogP contribution in [0.15, 0.2) is 30.3 Å². The first-order valence-corrected chi connectivity index (χ1v) is 6.37. The molecule has 76 valence electrons. The van der Waals surface area contributed by atoms with Crippen molar-refractivity contribution in [1.82, 2.24) is 5.32 Å². The first kappa shape index (κ1) is 10.1. The van der Waals surface area contributed by atoms with Gasteiger partial charge < -0.3 is 5.32 Å². The Morgan fingerprint density at radius 3 is 2.71 bits per heavy atom.